The quantitative estimate of drug-likeness (QED) is 0.800. The maximum atomic E-state index is 12.6. The lowest BCUT2D eigenvalue weighted by molar-refractivity contribution is -0.155. The van der Waals surface area contributed by atoms with E-state index in [1.54, 1.807) is 4.90 Å². The highest BCUT2D eigenvalue weighted by Crippen LogP contribution is 2.25. The monoisotopic (exact) mass is 332 g/mol. The molecule has 2 aliphatic rings. The number of carbonyl (C=O) groups excluding carboxylic acids is 2. The second-order valence-electron chi connectivity index (χ2n) is 6.41. The van der Waals surface area contributed by atoms with E-state index >= 15 is 0 Å². The Labute approximate surface area is 139 Å². The predicted molar refractivity (Wildman–Crippen MR) is 88.0 cm³/mol. The Kier molecular flexibility index (Phi) is 8.18. The van der Waals surface area contributed by atoms with E-state index in [0.717, 1.165) is 32.4 Å². The van der Waals surface area contributed by atoms with Gasteiger partial charge in [-0.25, -0.2) is 4.79 Å². The van der Waals surface area contributed by atoms with Crippen molar-refractivity contribution in [2.24, 2.45) is 11.8 Å². The van der Waals surface area contributed by atoms with Crippen molar-refractivity contribution < 1.29 is 14.3 Å². The molecule has 0 radical (unpaired) electrons. The fraction of sp³-hybridized carbons (Fsp3) is 0.875. The summed E-state index contributed by atoms with van der Waals surface area (Å²) >= 11 is 0. The molecule has 0 spiro atoms. The summed E-state index contributed by atoms with van der Waals surface area (Å²) in [5.74, 6) is 0.785. The van der Waals surface area contributed by atoms with Gasteiger partial charge in [0.1, 0.15) is 6.04 Å². The van der Waals surface area contributed by atoms with Gasteiger partial charge in [-0.1, -0.05) is 6.92 Å². The summed E-state index contributed by atoms with van der Waals surface area (Å²) < 4.78 is 4.85. The first-order valence-corrected chi connectivity index (χ1v) is 8.21. The van der Waals surface area contributed by atoms with Gasteiger partial charge in [-0.05, 0) is 57.0 Å². The third kappa shape index (κ3) is 4.85. The third-order valence-corrected chi connectivity index (χ3v) is 4.93. The Morgan fingerprint density at radius 1 is 1.27 bits per heavy atom. The number of carbonyl (C=O) groups is 2. The Morgan fingerprint density at radius 2 is 2.05 bits per heavy atom. The minimum Gasteiger partial charge on any atom is -0.467 e. The number of hydrogen-bond acceptors (Lipinski definition) is 4. The van der Waals surface area contributed by atoms with E-state index in [-0.39, 0.29) is 30.3 Å². The van der Waals surface area contributed by atoms with Crippen LogP contribution in [-0.2, 0) is 14.3 Å². The molecule has 2 aliphatic heterocycles. The first kappa shape index (κ1) is 19.2. The number of halogens is 1. The first-order chi connectivity index (χ1) is 10.1. The van der Waals surface area contributed by atoms with Gasteiger partial charge >= 0.3 is 5.97 Å². The highest BCUT2D eigenvalue weighted by Gasteiger charge is 2.34. The second-order valence-corrected chi connectivity index (χ2v) is 6.41. The van der Waals surface area contributed by atoms with Gasteiger partial charge in [0, 0.05) is 13.0 Å². The summed E-state index contributed by atoms with van der Waals surface area (Å²) in [5, 5.41) is 3.41. The van der Waals surface area contributed by atoms with Crippen LogP contribution >= 0.6 is 12.4 Å². The number of ether oxygens (including phenoxy) is 1. The van der Waals surface area contributed by atoms with Crippen LogP contribution in [0, 0.1) is 11.8 Å². The van der Waals surface area contributed by atoms with Crippen molar-refractivity contribution in [3.63, 3.8) is 0 Å². The number of rotatable bonds is 4. The summed E-state index contributed by atoms with van der Waals surface area (Å²) in [5.41, 5.74) is 0. The molecule has 6 heteroatoms. The molecule has 5 nitrogen and oxygen atoms in total. The van der Waals surface area contributed by atoms with Crippen molar-refractivity contribution in [3.8, 4) is 0 Å². The minimum absolute atomic E-state index is 0. The van der Waals surface area contributed by atoms with Crippen molar-refractivity contribution in [2.75, 3.05) is 26.7 Å². The zero-order chi connectivity index (χ0) is 15.2. The molecule has 2 rings (SSSR count). The molecule has 0 aromatic rings. The highest BCUT2D eigenvalue weighted by atomic mass is 35.5. The van der Waals surface area contributed by atoms with Crippen molar-refractivity contribution in [1.29, 1.82) is 0 Å². The normalized spacial score (nSPS) is 26.7. The maximum Gasteiger partial charge on any atom is 0.328 e. The van der Waals surface area contributed by atoms with Crippen LogP contribution in [0.2, 0.25) is 0 Å². The second kappa shape index (κ2) is 9.36. The van der Waals surface area contributed by atoms with E-state index in [9.17, 15) is 9.59 Å². The van der Waals surface area contributed by atoms with Gasteiger partial charge < -0.3 is 15.0 Å². The van der Waals surface area contributed by atoms with Gasteiger partial charge in [0.15, 0.2) is 0 Å². The van der Waals surface area contributed by atoms with Gasteiger partial charge in [0.25, 0.3) is 0 Å². The largest absolute Gasteiger partial charge is 0.467 e. The molecule has 0 bridgehead atoms. The topological polar surface area (TPSA) is 58.6 Å². The molecule has 0 aliphatic carbocycles. The number of methoxy groups -OCH3 is 1. The summed E-state index contributed by atoms with van der Waals surface area (Å²) in [6.07, 6.45) is 5.64. The Hall–Kier alpha value is -0.810. The van der Waals surface area contributed by atoms with E-state index < -0.39 is 0 Å². The fourth-order valence-electron chi connectivity index (χ4n) is 3.53. The zero-order valence-corrected chi connectivity index (χ0v) is 14.5. The SMILES string of the molecule is COC(=O)C1CCCCN1C(=O)CC(C)C1CCCNC1.Cl. The lowest BCUT2D eigenvalue weighted by atomic mass is 9.85. The number of hydrogen-bond donors (Lipinski definition) is 1. The van der Waals surface area contributed by atoms with E-state index in [4.69, 9.17) is 4.74 Å². The summed E-state index contributed by atoms with van der Waals surface area (Å²) in [4.78, 5) is 26.2. The predicted octanol–water partition coefficient (Wildman–Crippen LogP) is 1.99. The standard InChI is InChI=1S/C16H28N2O3.ClH/c1-12(13-6-5-8-17-11-13)10-15(19)18-9-4-3-7-14(18)16(20)21-2;/h12-14,17H,3-11H2,1-2H3;1H. The molecule has 0 saturated carbocycles. The number of esters is 1. The maximum absolute atomic E-state index is 12.6. The van der Waals surface area contributed by atoms with Crippen molar-refractivity contribution in [2.45, 2.75) is 51.5 Å². The molecule has 1 amide bonds. The first-order valence-electron chi connectivity index (χ1n) is 8.21. The van der Waals surface area contributed by atoms with E-state index in [1.165, 1.54) is 20.0 Å². The van der Waals surface area contributed by atoms with Gasteiger partial charge in [-0.3, -0.25) is 4.79 Å². The molecular weight excluding hydrogens is 304 g/mol. The Morgan fingerprint density at radius 3 is 2.68 bits per heavy atom. The van der Waals surface area contributed by atoms with E-state index in [1.807, 2.05) is 0 Å². The molecule has 1 N–H and O–H groups in total. The zero-order valence-electron chi connectivity index (χ0n) is 13.7. The van der Waals surface area contributed by atoms with Crippen LogP contribution in [0.15, 0.2) is 0 Å². The Balaban J connectivity index is 0.00000242. The van der Waals surface area contributed by atoms with E-state index in [2.05, 4.69) is 12.2 Å². The average molecular weight is 333 g/mol. The minimum atomic E-state index is -0.368. The molecule has 0 aromatic carbocycles. The number of piperidine rings is 2. The van der Waals surface area contributed by atoms with Crippen LogP contribution in [0.25, 0.3) is 0 Å². The smallest absolute Gasteiger partial charge is 0.328 e. The van der Waals surface area contributed by atoms with Crippen LogP contribution in [0.1, 0.15) is 45.4 Å². The summed E-state index contributed by atoms with van der Waals surface area (Å²) in [6.45, 7) is 4.95. The van der Waals surface area contributed by atoms with Gasteiger partial charge in [0.2, 0.25) is 5.91 Å². The molecule has 2 fully saturated rings. The van der Waals surface area contributed by atoms with Gasteiger partial charge in [-0.2, -0.15) is 0 Å². The van der Waals surface area contributed by atoms with Crippen molar-refractivity contribution in [3.05, 3.63) is 0 Å². The van der Waals surface area contributed by atoms with Crippen molar-refractivity contribution in [1.82, 2.24) is 10.2 Å². The molecule has 22 heavy (non-hydrogen) atoms. The Bertz CT molecular complexity index is 372. The van der Waals surface area contributed by atoms with Crippen LogP contribution in [-0.4, -0.2) is 49.6 Å². The lowest BCUT2D eigenvalue weighted by Gasteiger charge is -2.35. The third-order valence-electron chi connectivity index (χ3n) is 4.93. The summed E-state index contributed by atoms with van der Waals surface area (Å²) in [6, 6.07) is -0.368. The molecule has 3 unspecified atom stereocenters. The van der Waals surface area contributed by atoms with Crippen LogP contribution in [0.5, 0.6) is 0 Å². The molecular formula is C16H29ClN2O3. The molecule has 0 aromatic heterocycles. The van der Waals surface area contributed by atoms with Crippen LogP contribution in [0.3, 0.4) is 0 Å². The molecule has 2 heterocycles. The van der Waals surface area contributed by atoms with Crippen LogP contribution < -0.4 is 5.32 Å². The van der Waals surface area contributed by atoms with E-state index in [0.29, 0.717) is 24.8 Å². The molecule has 128 valence electrons. The number of amides is 1. The number of nitrogens with one attached hydrogen (secondary N) is 1. The highest BCUT2D eigenvalue weighted by molar-refractivity contribution is 5.85. The molecule has 3 atom stereocenters. The fourth-order valence-corrected chi connectivity index (χ4v) is 3.53. The summed E-state index contributed by atoms with van der Waals surface area (Å²) in [7, 11) is 1.40. The average Bonchev–Trinajstić information content (AvgIpc) is 2.54. The van der Waals surface area contributed by atoms with Gasteiger partial charge in [-0.15, -0.1) is 12.4 Å². The van der Waals surface area contributed by atoms with Crippen LogP contribution in [0.4, 0.5) is 0 Å². The van der Waals surface area contributed by atoms with Crippen molar-refractivity contribution >= 4 is 24.3 Å². The number of likely N-dealkylation sites (tertiary alicyclic amines) is 1. The lowest BCUT2D eigenvalue weighted by Crippen LogP contribution is -2.49. The van der Waals surface area contributed by atoms with Gasteiger partial charge in [0.05, 0.1) is 7.11 Å². The molecule has 2 saturated heterocycles. The number of nitrogens with zero attached hydrogens (tertiary/aromatic N) is 1.